The van der Waals surface area contributed by atoms with Gasteiger partial charge in [-0.15, -0.1) is 11.6 Å². The fourth-order valence-electron chi connectivity index (χ4n) is 2.37. The molecule has 2 unspecified atom stereocenters. The van der Waals surface area contributed by atoms with Crippen LogP contribution in [0.1, 0.15) is 19.0 Å². The van der Waals surface area contributed by atoms with Crippen molar-refractivity contribution in [2.45, 2.75) is 25.6 Å². The minimum absolute atomic E-state index is 0.186. The van der Waals surface area contributed by atoms with Gasteiger partial charge < -0.3 is 4.90 Å². The second kappa shape index (κ2) is 4.39. The lowest BCUT2D eigenvalue weighted by molar-refractivity contribution is 0.442. The number of anilines is 1. The van der Waals surface area contributed by atoms with Gasteiger partial charge in [0.05, 0.1) is 5.38 Å². The first kappa shape index (κ1) is 11.7. The van der Waals surface area contributed by atoms with Gasteiger partial charge in [0, 0.05) is 24.8 Å². The molecule has 1 aliphatic heterocycles. The lowest BCUT2D eigenvalue weighted by atomic mass is 9.98. The normalized spacial score (nSPS) is 24.7. The predicted molar refractivity (Wildman–Crippen MR) is 71.2 cm³/mol. The molecule has 5 nitrogen and oxygen atoms in total. The molecule has 0 bridgehead atoms. The zero-order chi connectivity index (χ0) is 12.7. The second-order valence-electron chi connectivity index (χ2n) is 4.96. The van der Waals surface area contributed by atoms with Gasteiger partial charge in [0.2, 0.25) is 0 Å². The summed E-state index contributed by atoms with van der Waals surface area (Å²) in [6.45, 7) is 6.03. The predicted octanol–water partition coefficient (Wildman–Crippen LogP) is 1.89. The van der Waals surface area contributed by atoms with Gasteiger partial charge in [-0.05, 0) is 19.3 Å². The van der Waals surface area contributed by atoms with Crippen molar-refractivity contribution in [1.82, 2.24) is 19.6 Å². The van der Waals surface area contributed by atoms with Crippen LogP contribution in [0, 0.1) is 12.8 Å². The fraction of sp³-hybridized carbons (Fsp3) is 0.583. The number of hydrogen-bond acceptors (Lipinski definition) is 4. The smallest absolute Gasteiger partial charge is 0.254 e. The number of halogens is 1. The Morgan fingerprint density at radius 2 is 2.28 bits per heavy atom. The zero-order valence-electron chi connectivity index (χ0n) is 10.5. The highest BCUT2D eigenvalue weighted by atomic mass is 35.5. The van der Waals surface area contributed by atoms with E-state index in [1.54, 1.807) is 4.52 Å². The summed E-state index contributed by atoms with van der Waals surface area (Å²) in [5.74, 6) is 2.25. The van der Waals surface area contributed by atoms with Gasteiger partial charge in [-0.2, -0.15) is 14.6 Å². The Balaban J connectivity index is 2.01. The van der Waals surface area contributed by atoms with Crippen molar-refractivity contribution < 1.29 is 0 Å². The number of hydrogen-bond donors (Lipinski definition) is 0. The number of aromatic nitrogens is 4. The van der Waals surface area contributed by atoms with E-state index in [1.807, 2.05) is 13.0 Å². The lowest BCUT2D eigenvalue weighted by Gasteiger charge is -2.35. The highest BCUT2D eigenvalue weighted by Gasteiger charge is 2.26. The van der Waals surface area contributed by atoms with E-state index in [-0.39, 0.29) is 5.38 Å². The van der Waals surface area contributed by atoms with E-state index in [1.165, 1.54) is 6.33 Å². The van der Waals surface area contributed by atoms with Crippen LogP contribution >= 0.6 is 11.6 Å². The minimum atomic E-state index is 0.186. The molecule has 0 spiro atoms. The molecular formula is C12H16ClN5. The average Bonchev–Trinajstić information content (AvgIpc) is 2.79. The van der Waals surface area contributed by atoms with Crippen LogP contribution in [0.2, 0.25) is 0 Å². The molecule has 0 aromatic carbocycles. The van der Waals surface area contributed by atoms with Gasteiger partial charge in [-0.25, -0.2) is 4.98 Å². The zero-order valence-corrected chi connectivity index (χ0v) is 11.3. The maximum absolute atomic E-state index is 6.37. The highest BCUT2D eigenvalue weighted by Crippen LogP contribution is 2.26. The van der Waals surface area contributed by atoms with Crippen molar-refractivity contribution in [3.63, 3.8) is 0 Å². The van der Waals surface area contributed by atoms with Gasteiger partial charge in [0.15, 0.2) is 0 Å². The molecule has 1 fully saturated rings. The summed E-state index contributed by atoms with van der Waals surface area (Å²) in [7, 11) is 0. The Morgan fingerprint density at radius 1 is 1.44 bits per heavy atom. The molecule has 0 N–H and O–H groups in total. The molecule has 2 aromatic heterocycles. The summed E-state index contributed by atoms with van der Waals surface area (Å²) < 4.78 is 1.78. The first-order valence-corrected chi connectivity index (χ1v) is 6.65. The number of rotatable bonds is 1. The summed E-state index contributed by atoms with van der Waals surface area (Å²) in [4.78, 5) is 10.8. The van der Waals surface area contributed by atoms with Crippen molar-refractivity contribution in [3.05, 3.63) is 18.1 Å². The molecule has 2 atom stereocenters. The van der Waals surface area contributed by atoms with E-state index in [0.29, 0.717) is 11.7 Å². The van der Waals surface area contributed by atoms with Gasteiger partial charge in [-0.3, -0.25) is 0 Å². The Bertz CT molecular complexity index is 567. The summed E-state index contributed by atoms with van der Waals surface area (Å²) in [6.07, 6.45) is 2.64. The van der Waals surface area contributed by atoms with Crippen LogP contribution in [-0.4, -0.2) is 38.0 Å². The minimum Gasteiger partial charge on any atom is -0.355 e. The van der Waals surface area contributed by atoms with Crippen molar-refractivity contribution in [3.8, 4) is 0 Å². The highest BCUT2D eigenvalue weighted by molar-refractivity contribution is 6.21. The second-order valence-corrected chi connectivity index (χ2v) is 5.52. The van der Waals surface area contributed by atoms with Crippen molar-refractivity contribution in [1.29, 1.82) is 0 Å². The van der Waals surface area contributed by atoms with E-state index >= 15 is 0 Å². The number of aryl methyl sites for hydroxylation is 1. The van der Waals surface area contributed by atoms with Crippen molar-refractivity contribution in [2.75, 3.05) is 18.0 Å². The Morgan fingerprint density at radius 3 is 3.06 bits per heavy atom. The summed E-state index contributed by atoms with van der Waals surface area (Å²) >= 11 is 6.37. The molecular weight excluding hydrogens is 250 g/mol. The quantitative estimate of drug-likeness (QED) is 0.739. The lowest BCUT2D eigenvalue weighted by Crippen LogP contribution is -2.41. The maximum atomic E-state index is 6.37. The van der Waals surface area contributed by atoms with Crippen molar-refractivity contribution >= 4 is 23.2 Å². The first-order valence-electron chi connectivity index (χ1n) is 6.21. The van der Waals surface area contributed by atoms with Crippen LogP contribution in [0.25, 0.3) is 5.78 Å². The summed E-state index contributed by atoms with van der Waals surface area (Å²) in [5.41, 5.74) is 0.954. The topological polar surface area (TPSA) is 46.3 Å². The van der Waals surface area contributed by atoms with Crippen LogP contribution in [-0.2, 0) is 0 Å². The molecule has 3 rings (SSSR count). The SMILES string of the molecule is Cc1cc(N2CCC(C)C(Cl)C2)n2ncnc2n1. The fourth-order valence-corrected chi connectivity index (χ4v) is 2.66. The van der Waals surface area contributed by atoms with Crippen LogP contribution < -0.4 is 4.90 Å². The van der Waals surface area contributed by atoms with Crippen LogP contribution in [0.15, 0.2) is 12.4 Å². The molecule has 0 radical (unpaired) electrons. The molecule has 2 aromatic rings. The van der Waals surface area contributed by atoms with E-state index in [0.717, 1.165) is 31.0 Å². The van der Waals surface area contributed by atoms with Crippen molar-refractivity contribution in [2.24, 2.45) is 5.92 Å². The molecule has 6 heteroatoms. The monoisotopic (exact) mass is 265 g/mol. The third kappa shape index (κ3) is 1.92. The van der Waals surface area contributed by atoms with Gasteiger partial charge in [-0.1, -0.05) is 6.92 Å². The number of nitrogens with zero attached hydrogens (tertiary/aromatic N) is 5. The molecule has 3 heterocycles. The van der Waals surface area contributed by atoms with Crippen LogP contribution in [0.4, 0.5) is 5.82 Å². The molecule has 96 valence electrons. The number of piperidine rings is 1. The Kier molecular flexibility index (Phi) is 2.86. The van der Waals surface area contributed by atoms with Gasteiger partial charge >= 0.3 is 0 Å². The molecule has 1 saturated heterocycles. The van der Waals surface area contributed by atoms with E-state index in [2.05, 4.69) is 26.9 Å². The number of fused-ring (bicyclic) bond motifs is 1. The van der Waals surface area contributed by atoms with E-state index < -0.39 is 0 Å². The first-order chi connectivity index (χ1) is 8.65. The molecule has 0 amide bonds. The van der Waals surface area contributed by atoms with E-state index in [9.17, 15) is 0 Å². The number of alkyl halides is 1. The Labute approximate surface area is 111 Å². The molecule has 0 aliphatic carbocycles. The van der Waals surface area contributed by atoms with Crippen LogP contribution in [0.3, 0.4) is 0 Å². The maximum Gasteiger partial charge on any atom is 0.254 e. The Hall–Kier alpha value is -1.36. The summed E-state index contributed by atoms with van der Waals surface area (Å²) in [5, 5.41) is 4.42. The van der Waals surface area contributed by atoms with Gasteiger partial charge in [0.1, 0.15) is 12.1 Å². The third-order valence-electron chi connectivity index (χ3n) is 3.55. The summed E-state index contributed by atoms with van der Waals surface area (Å²) in [6, 6.07) is 2.04. The molecule has 18 heavy (non-hydrogen) atoms. The average molecular weight is 266 g/mol. The molecule has 1 aliphatic rings. The largest absolute Gasteiger partial charge is 0.355 e. The van der Waals surface area contributed by atoms with Gasteiger partial charge in [0.25, 0.3) is 5.78 Å². The van der Waals surface area contributed by atoms with E-state index in [4.69, 9.17) is 11.6 Å². The standard InChI is InChI=1S/C12H16ClN5/c1-8-3-4-17(6-10(8)13)11-5-9(2)16-12-14-7-15-18(11)12/h5,7-8,10H,3-4,6H2,1-2H3. The molecule has 0 saturated carbocycles. The van der Waals surface area contributed by atoms with Crippen LogP contribution in [0.5, 0.6) is 0 Å². The third-order valence-corrected chi connectivity index (χ3v) is 4.12.